The first-order valence-corrected chi connectivity index (χ1v) is 4.56. The molecule has 68 valence electrons. The standard InChI is InChI=1S/C10H17NO/c1-8-9(2,7-11)5-4-6-10(8,3)12/h8,12H,4-6H2,1-3H3/t8-,9+,10+/m1/s1. The summed E-state index contributed by atoms with van der Waals surface area (Å²) in [6, 6.07) is 2.33. The van der Waals surface area contributed by atoms with Gasteiger partial charge >= 0.3 is 0 Å². The van der Waals surface area contributed by atoms with Crippen LogP contribution in [0.2, 0.25) is 0 Å². The van der Waals surface area contributed by atoms with Crippen LogP contribution in [0.3, 0.4) is 0 Å². The number of hydrogen-bond donors (Lipinski definition) is 1. The molecule has 1 fully saturated rings. The van der Waals surface area contributed by atoms with E-state index in [1.165, 1.54) is 0 Å². The van der Waals surface area contributed by atoms with Gasteiger partial charge in [-0.25, -0.2) is 0 Å². The molecule has 2 heteroatoms. The third kappa shape index (κ3) is 1.34. The first-order valence-electron chi connectivity index (χ1n) is 4.56. The average molecular weight is 167 g/mol. The lowest BCUT2D eigenvalue weighted by atomic mass is 9.62. The molecule has 0 aliphatic heterocycles. The molecule has 12 heavy (non-hydrogen) atoms. The molecule has 0 saturated heterocycles. The van der Waals surface area contributed by atoms with E-state index in [2.05, 4.69) is 6.07 Å². The van der Waals surface area contributed by atoms with Crippen LogP contribution in [-0.2, 0) is 0 Å². The van der Waals surface area contributed by atoms with Crippen molar-refractivity contribution in [3.8, 4) is 6.07 Å². The molecule has 0 aromatic carbocycles. The number of nitriles is 1. The Morgan fingerprint density at radius 1 is 1.42 bits per heavy atom. The summed E-state index contributed by atoms with van der Waals surface area (Å²) in [4.78, 5) is 0. The Kier molecular flexibility index (Phi) is 2.18. The van der Waals surface area contributed by atoms with E-state index < -0.39 is 5.60 Å². The average Bonchev–Trinajstić information content (AvgIpc) is 2.00. The normalized spacial score (nSPS) is 48.4. The van der Waals surface area contributed by atoms with Crippen molar-refractivity contribution < 1.29 is 5.11 Å². The van der Waals surface area contributed by atoms with Crippen molar-refractivity contribution in [1.29, 1.82) is 5.26 Å². The van der Waals surface area contributed by atoms with E-state index in [1.807, 2.05) is 20.8 Å². The van der Waals surface area contributed by atoms with Gasteiger partial charge in [0.15, 0.2) is 0 Å². The second-order valence-corrected chi connectivity index (χ2v) is 4.46. The first-order chi connectivity index (χ1) is 5.42. The van der Waals surface area contributed by atoms with Crippen LogP contribution in [0.25, 0.3) is 0 Å². The van der Waals surface area contributed by atoms with Gasteiger partial charge < -0.3 is 5.11 Å². The third-order valence-electron chi connectivity index (χ3n) is 3.52. The molecule has 1 saturated carbocycles. The molecule has 0 heterocycles. The van der Waals surface area contributed by atoms with Crippen LogP contribution < -0.4 is 0 Å². The van der Waals surface area contributed by atoms with Crippen LogP contribution in [0.4, 0.5) is 0 Å². The Morgan fingerprint density at radius 3 is 2.42 bits per heavy atom. The molecule has 3 atom stereocenters. The van der Waals surface area contributed by atoms with E-state index in [0.717, 1.165) is 19.3 Å². The highest BCUT2D eigenvalue weighted by molar-refractivity contribution is 5.06. The zero-order valence-corrected chi connectivity index (χ0v) is 8.09. The SMILES string of the molecule is C[C@H]1[C@@](C)(O)CCC[C@@]1(C)C#N. The van der Waals surface area contributed by atoms with E-state index in [4.69, 9.17) is 5.26 Å². The third-order valence-corrected chi connectivity index (χ3v) is 3.52. The number of rotatable bonds is 0. The van der Waals surface area contributed by atoms with Crippen LogP contribution in [0.1, 0.15) is 40.0 Å². The van der Waals surface area contributed by atoms with E-state index >= 15 is 0 Å². The zero-order chi connectivity index (χ0) is 9.41. The molecular formula is C10H17NO. The van der Waals surface area contributed by atoms with Gasteiger partial charge in [-0.1, -0.05) is 6.92 Å². The maximum Gasteiger partial charge on any atom is 0.0690 e. The van der Waals surface area contributed by atoms with Crippen LogP contribution >= 0.6 is 0 Å². The smallest absolute Gasteiger partial charge is 0.0690 e. The summed E-state index contributed by atoms with van der Waals surface area (Å²) < 4.78 is 0. The zero-order valence-electron chi connectivity index (χ0n) is 8.09. The minimum atomic E-state index is -0.650. The lowest BCUT2D eigenvalue weighted by Crippen LogP contribution is -2.45. The minimum absolute atomic E-state index is 0.0729. The van der Waals surface area contributed by atoms with Crippen LogP contribution in [0.15, 0.2) is 0 Å². The quantitative estimate of drug-likeness (QED) is 0.600. The molecular weight excluding hydrogens is 150 g/mol. The van der Waals surface area contributed by atoms with E-state index in [1.54, 1.807) is 0 Å². The summed E-state index contributed by atoms with van der Waals surface area (Å²) >= 11 is 0. The van der Waals surface area contributed by atoms with Gasteiger partial charge in [0.25, 0.3) is 0 Å². The Labute approximate surface area is 74.2 Å². The van der Waals surface area contributed by atoms with E-state index in [9.17, 15) is 5.11 Å². The molecule has 0 amide bonds. The molecule has 0 aromatic rings. The highest BCUT2D eigenvalue weighted by atomic mass is 16.3. The summed E-state index contributed by atoms with van der Waals surface area (Å²) in [5.74, 6) is 0.0729. The second-order valence-electron chi connectivity index (χ2n) is 4.46. The van der Waals surface area contributed by atoms with Crippen LogP contribution in [0.5, 0.6) is 0 Å². The van der Waals surface area contributed by atoms with Gasteiger partial charge in [0.2, 0.25) is 0 Å². The number of hydrogen-bond acceptors (Lipinski definition) is 2. The fourth-order valence-corrected chi connectivity index (χ4v) is 2.09. The Hall–Kier alpha value is -0.550. The minimum Gasteiger partial charge on any atom is -0.390 e. The molecule has 1 aliphatic rings. The lowest BCUT2D eigenvalue weighted by Gasteiger charge is -2.44. The molecule has 0 spiro atoms. The summed E-state index contributed by atoms with van der Waals surface area (Å²) in [5.41, 5.74) is -0.982. The Morgan fingerprint density at radius 2 is 2.00 bits per heavy atom. The van der Waals surface area contributed by atoms with Crippen molar-refractivity contribution in [3.63, 3.8) is 0 Å². The Balaban J connectivity index is 2.89. The molecule has 1 aliphatic carbocycles. The first kappa shape index (κ1) is 9.54. The predicted octanol–water partition coefficient (Wildman–Crippen LogP) is 2.09. The molecule has 0 bridgehead atoms. The predicted molar refractivity (Wildman–Crippen MR) is 47.4 cm³/mol. The molecule has 1 N–H and O–H groups in total. The lowest BCUT2D eigenvalue weighted by molar-refractivity contribution is -0.0674. The fraction of sp³-hybridized carbons (Fsp3) is 0.900. The van der Waals surface area contributed by atoms with Crippen molar-refractivity contribution in [2.24, 2.45) is 11.3 Å². The van der Waals surface area contributed by atoms with Gasteiger partial charge in [0, 0.05) is 5.92 Å². The van der Waals surface area contributed by atoms with E-state index in [0.29, 0.717) is 0 Å². The van der Waals surface area contributed by atoms with Crippen molar-refractivity contribution in [2.45, 2.75) is 45.6 Å². The maximum absolute atomic E-state index is 9.96. The largest absolute Gasteiger partial charge is 0.390 e. The van der Waals surface area contributed by atoms with Gasteiger partial charge in [-0.2, -0.15) is 5.26 Å². The van der Waals surface area contributed by atoms with Gasteiger partial charge in [-0.3, -0.25) is 0 Å². The molecule has 2 nitrogen and oxygen atoms in total. The van der Waals surface area contributed by atoms with E-state index in [-0.39, 0.29) is 11.3 Å². The van der Waals surface area contributed by atoms with Gasteiger partial charge in [-0.15, -0.1) is 0 Å². The maximum atomic E-state index is 9.96. The van der Waals surface area contributed by atoms with Crippen LogP contribution in [-0.4, -0.2) is 10.7 Å². The summed E-state index contributed by atoms with van der Waals surface area (Å²) in [5, 5.41) is 19.0. The van der Waals surface area contributed by atoms with Gasteiger partial charge in [0.05, 0.1) is 17.1 Å². The monoisotopic (exact) mass is 167 g/mol. The van der Waals surface area contributed by atoms with Crippen molar-refractivity contribution >= 4 is 0 Å². The summed E-state index contributed by atoms with van der Waals surface area (Å²) in [6.07, 6.45) is 2.70. The second kappa shape index (κ2) is 2.74. The molecule has 0 aromatic heterocycles. The van der Waals surface area contributed by atoms with Crippen molar-refractivity contribution in [3.05, 3.63) is 0 Å². The van der Waals surface area contributed by atoms with Gasteiger partial charge in [0.1, 0.15) is 0 Å². The van der Waals surface area contributed by atoms with Gasteiger partial charge in [-0.05, 0) is 33.1 Å². The number of aliphatic hydroxyl groups is 1. The Bertz CT molecular complexity index is 216. The topological polar surface area (TPSA) is 44.0 Å². The summed E-state index contributed by atoms with van der Waals surface area (Å²) in [6.45, 7) is 5.76. The van der Waals surface area contributed by atoms with Crippen molar-refractivity contribution in [2.75, 3.05) is 0 Å². The number of nitrogens with zero attached hydrogens (tertiary/aromatic N) is 1. The molecule has 0 radical (unpaired) electrons. The highest BCUT2D eigenvalue weighted by Crippen LogP contribution is 2.45. The van der Waals surface area contributed by atoms with Crippen LogP contribution in [0, 0.1) is 22.7 Å². The highest BCUT2D eigenvalue weighted by Gasteiger charge is 2.45. The molecule has 0 unspecified atom stereocenters. The fourth-order valence-electron chi connectivity index (χ4n) is 2.09. The molecule has 1 rings (SSSR count). The summed E-state index contributed by atoms with van der Waals surface area (Å²) in [7, 11) is 0. The van der Waals surface area contributed by atoms with Crippen molar-refractivity contribution in [1.82, 2.24) is 0 Å².